The van der Waals surface area contributed by atoms with Gasteiger partial charge in [-0.2, -0.15) is 5.10 Å². The first-order valence-corrected chi connectivity index (χ1v) is 15.8. The molecule has 1 heterocycles. The number of carbonyl (C=O) groups is 3. The Hall–Kier alpha value is -4.77. The fourth-order valence-electron chi connectivity index (χ4n) is 5.06. The number of rotatable bonds is 13. The molecular formula is C33H36N4O6S. The highest BCUT2D eigenvalue weighted by Crippen LogP contribution is 2.28. The van der Waals surface area contributed by atoms with Gasteiger partial charge >= 0.3 is 5.97 Å². The van der Waals surface area contributed by atoms with Crippen molar-refractivity contribution in [2.24, 2.45) is 0 Å². The van der Waals surface area contributed by atoms with E-state index in [0.29, 0.717) is 30.5 Å². The second-order valence-electron chi connectivity index (χ2n) is 10.7. The van der Waals surface area contributed by atoms with Gasteiger partial charge in [0.1, 0.15) is 5.69 Å². The molecule has 3 N–H and O–H groups in total. The zero-order chi connectivity index (χ0) is 31.9. The molecule has 0 saturated heterocycles. The molecule has 0 saturated carbocycles. The third-order valence-corrected chi connectivity index (χ3v) is 8.63. The van der Waals surface area contributed by atoms with Crippen LogP contribution in [0.25, 0.3) is 11.1 Å². The summed E-state index contributed by atoms with van der Waals surface area (Å²) in [5, 5.41) is 16.9. The van der Waals surface area contributed by atoms with Gasteiger partial charge in [0.25, 0.3) is 15.9 Å². The summed E-state index contributed by atoms with van der Waals surface area (Å²) in [7, 11) is -4.03. The number of carboxylic acids is 1. The van der Waals surface area contributed by atoms with Crippen LogP contribution in [0.1, 0.15) is 59.6 Å². The third kappa shape index (κ3) is 8.19. The van der Waals surface area contributed by atoms with Crippen molar-refractivity contribution in [1.82, 2.24) is 19.8 Å². The van der Waals surface area contributed by atoms with E-state index >= 15 is 0 Å². The second-order valence-corrected chi connectivity index (χ2v) is 12.3. The lowest BCUT2D eigenvalue weighted by Crippen LogP contribution is -2.38. The Morgan fingerprint density at radius 1 is 0.977 bits per heavy atom. The lowest BCUT2D eigenvalue weighted by Gasteiger charge is -2.17. The van der Waals surface area contributed by atoms with Crippen molar-refractivity contribution in [3.8, 4) is 11.1 Å². The first-order chi connectivity index (χ1) is 21.0. The van der Waals surface area contributed by atoms with Gasteiger partial charge in [0.2, 0.25) is 5.91 Å². The summed E-state index contributed by atoms with van der Waals surface area (Å²) >= 11 is 0. The monoisotopic (exact) mass is 616 g/mol. The van der Waals surface area contributed by atoms with Gasteiger partial charge < -0.3 is 10.4 Å². The van der Waals surface area contributed by atoms with Crippen LogP contribution in [0.4, 0.5) is 0 Å². The van der Waals surface area contributed by atoms with E-state index in [-0.39, 0.29) is 17.0 Å². The number of amides is 2. The van der Waals surface area contributed by atoms with Crippen LogP contribution in [0.2, 0.25) is 0 Å². The van der Waals surface area contributed by atoms with Crippen LogP contribution in [-0.4, -0.2) is 47.1 Å². The maximum absolute atomic E-state index is 13.3. The van der Waals surface area contributed by atoms with E-state index in [1.54, 1.807) is 41.1 Å². The number of carbonyl (C=O) groups excluding carboxylic acids is 2. The van der Waals surface area contributed by atoms with Crippen molar-refractivity contribution in [3.05, 3.63) is 107 Å². The predicted octanol–water partition coefficient (Wildman–Crippen LogP) is 4.50. The lowest BCUT2D eigenvalue weighted by molar-refractivity contribution is -0.137. The molecule has 0 spiro atoms. The molecule has 0 radical (unpaired) electrons. The number of aliphatic carboxylic acids is 1. The van der Waals surface area contributed by atoms with Crippen LogP contribution < -0.4 is 10.0 Å². The SMILES string of the molecule is CCCc1cc(C(=O)N[C@@H](CC(=O)O)Cc2ccccc2C)nn1Cc1ccc(-c2ccccc2S(=O)(=O)NC(C)=O)cc1. The van der Waals surface area contributed by atoms with E-state index in [1.165, 1.54) is 6.07 Å². The van der Waals surface area contributed by atoms with Crippen molar-refractivity contribution < 1.29 is 27.9 Å². The van der Waals surface area contributed by atoms with Gasteiger partial charge in [0, 0.05) is 24.2 Å². The number of nitrogens with one attached hydrogen (secondary N) is 2. The highest BCUT2D eigenvalue weighted by molar-refractivity contribution is 7.90. The minimum absolute atomic E-state index is 0.000426. The Morgan fingerprint density at radius 2 is 1.66 bits per heavy atom. The maximum atomic E-state index is 13.3. The van der Waals surface area contributed by atoms with E-state index < -0.39 is 33.8 Å². The van der Waals surface area contributed by atoms with E-state index in [9.17, 15) is 27.9 Å². The fourth-order valence-corrected chi connectivity index (χ4v) is 6.28. The molecule has 0 aliphatic rings. The van der Waals surface area contributed by atoms with Crippen LogP contribution >= 0.6 is 0 Å². The zero-order valence-electron chi connectivity index (χ0n) is 24.9. The topological polar surface area (TPSA) is 147 Å². The van der Waals surface area contributed by atoms with Crippen molar-refractivity contribution in [3.63, 3.8) is 0 Å². The summed E-state index contributed by atoms with van der Waals surface area (Å²) in [6.45, 7) is 5.50. The Balaban J connectivity index is 1.54. The first-order valence-electron chi connectivity index (χ1n) is 14.3. The average Bonchev–Trinajstić information content (AvgIpc) is 3.36. The molecule has 0 unspecified atom stereocenters. The van der Waals surface area contributed by atoms with E-state index in [1.807, 2.05) is 55.0 Å². The Labute approximate surface area is 257 Å². The molecule has 1 aromatic heterocycles. The number of nitrogens with zero attached hydrogens (tertiary/aromatic N) is 2. The fraction of sp³-hybridized carbons (Fsp3) is 0.273. The highest BCUT2D eigenvalue weighted by Gasteiger charge is 2.22. The van der Waals surface area contributed by atoms with Crippen LogP contribution in [0.5, 0.6) is 0 Å². The molecule has 4 aromatic rings. The summed E-state index contributed by atoms with van der Waals surface area (Å²) < 4.78 is 29.2. The number of aryl methyl sites for hydroxylation is 2. The van der Waals surface area contributed by atoms with Crippen molar-refractivity contribution in [1.29, 1.82) is 0 Å². The molecule has 1 atom stereocenters. The Bertz CT molecular complexity index is 1760. The standard InChI is InChI=1S/C33H36N4O6S/c1-4-9-28-20-30(33(41)34-27(19-32(39)40)18-26-11-6-5-10-22(26)2)35-37(28)21-24-14-16-25(17-15-24)29-12-7-8-13-31(29)44(42,43)36-23(3)38/h5-8,10-17,20,27H,4,9,18-19,21H2,1-3H3,(H,34,41)(H,36,38)(H,39,40)/t27-/m1/s1. The molecule has 4 rings (SSSR count). The summed E-state index contributed by atoms with van der Waals surface area (Å²) in [4.78, 5) is 36.3. The quantitative estimate of drug-likeness (QED) is 0.200. The Morgan fingerprint density at radius 3 is 2.32 bits per heavy atom. The number of sulfonamides is 1. The van der Waals surface area contributed by atoms with Crippen molar-refractivity contribution in [2.75, 3.05) is 0 Å². The minimum atomic E-state index is -4.03. The molecule has 0 aliphatic heterocycles. The van der Waals surface area contributed by atoms with Crippen LogP contribution in [0.3, 0.4) is 0 Å². The summed E-state index contributed by atoms with van der Waals surface area (Å²) in [6, 6.07) is 22.6. The van der Waals surface area contributed by atoms with Crippen LogP contribution in [0, 0.1) is 6.92 Å². The minimum Gasteiger partial charge on any atom is -0.481 e. The number of aromatic nitrogens is 2. The van der Waals surface area contributed by atoms with Crippen LogP contribution in [0.15, 0.2) is 83.8 Å². The number of hydrogen-bond donors (Lipinski definition) is 3. The van der Waals surface area contributed by atoms with E-state index in [0.717, 1.165) is 35.7 Å². The number of hydrogen-bond acceptors (Lipinski definition) is 6. The van der Waals surface area contributed by atoms with Gasteiger partial charge in [-0.3, -0.25) is 19.1 Å². The molecule has 3 aromatic carbocycles. The zero-order valence-corrected chi connectivity index (χ0v) is 25.7. The molecule has 0 bridgehead atoms. The van der Waals surface area contributed by atoms with Gasteiger partial charge in [0.05, 0.1) is 17.9 Å². The molecule has 0 aliphatic carbocycles. The second kappa shape index (κ2) is 14.1. The van der Waals surface area contributed by atoms with Crippen molar-refractivity contribution >= 4 is 27.8 Å². The molecule has 2 amide bonds. The average molecular weight is 617 g/mol. The number of carboxylic acid groups (broad SMARTS) is 1. The van der Waals surface area contributed by atoms with Gasteiger partial charge in [0.15, 0.2) is 0 Å². The van der Waals surface area contributed by atoms with E-state index in [4.69, 9.17) is 0 Å². The Kier molecular flexibility index (Phi) is 10.3. The molecule has 10 nitrogen and oxygen atoms in total. The van der Waals surface area contributed by atoms with Gasteiger partial charge in [-0.05, 0) is 54.2 Å². The van der Waals surface area contributed by atoms with Crippen LogP contribution in [-0.2, 0) is 39.0 Å². The molecule has 230 valence electrons. The van der Waals surface area contributed by atoms with Gasteiger partial charge in [-0.25, -0.2) is 13.1 Å². The summed E-state index contributed by atoms with van der Waals surface area (Å²) in [5.74, 6) is -2.11. The van der Waals surface area contributed by atoms with Gasteiger partial charge in [-0.15, -0.1) is 0 Å². The van der Waals surface area contributed by atoms with E-state index in [2.05, 4.69) is 10.4 Å². The normalized spacial score (nSPS) is 12.0. The van der Waals surface area contributed by atoms with Gasteiger partial charge in [-0.1, -0.05) is 80.1 Å². The molecule has 0 fully saturated rings. The largest absolute Gasteiger partial charge is 0.481 e. The molecule has 44 heavy (non-hydrogen) atoms. The molecule has 11 heteroatoms. The maximum Gasteiger partial charge on any atom is 0.305 e. The smallest absolute Gasteiger partial charge is 0.305 e. The first kappa shape index (κ1) is 32.2. The van der Waals surface area contributed by atoms with Crippen molar-refractivity contribution in [2.45, 2.75) is 63.9 Å². The predicted molar refractivity (Wildman–Crippen MR) is 167 cm³/mol. The highest BCUT2D eigenvalue weighted by atomic mass is 32.2. The molecular weight excluding hydrogens is 580 g/mol. The number of benzene rings is 3. The summed E-state index contributed by atoms with van der Waals surface area (Å²) in [6.07, 6.45) is 1.69. The third-order valence-electron chi connectivity index (χ3n) is 7.14. The lowest BCUT2D eigenvalue weighted by atomic mass is 9.99. The summed E-state index contributed by atoms with van der Waals surface area (Å²) in [5.41, 5.74) is 5.06.